The summed E-state index contributed by atoms with van der Waals surface area (Å²) >= 11 is 5.09. The molecular formula is C7H8ClN2O3. The first-order valence-electron chi connectivity index (χ1n) is 3.67. The number of hydrogen-bond acceptors (Lipinski definition) is 3. The molecule has 1 saturated heterocycles. The third-order valence-corrected chi connectivity index (χ3v) is 2.00. The first kappa shape index (κ1) is 9.98. The highest BCUT2D eigenvalue weighted by Gasteiger charge is 2.34. The molecule has 0 atom stereocenters. The standard InChI is InChI=1S/C7H8ClN2O3/c1-2-9-3-4-10(7(8)13)6(12)5(9)11/h1-4H2. The van der Waals surface area contributed by atoms with Crippen LogP contribution in [-0.4, -0.2) is 46.6 Å². The first-order valence-corrected chi connectivity index (χ1v) is 4.05. The molecule has 0 aliphatic carbocycles. The Morgan fingerprint density at radius 2 is 2.00 bits per heavy atom. The number of piperazine rings is 1. The van der Waals surface area contributed by atoms with Gasteiger partial charge < -0.3 is 4.90 Å². The van der Waals surface area contributed by atoms with Crippen LogP contribution in [-0.2, 0) is 9.59 Å². The Kier molecular flexibility index (Phi) is 2.87. The van der Waals surface area contributed by atoms with E-state index in [1.807, 2.05) is 0 Å². The Hall–Kier alpha value is -1.10. The number of hydrogen-bond donors (Lipinski definition) is 0. The Bertz CT molecular complexity index is 266. The summed E-state index contributed by atoms with van der Waals surface area (Å²) in [4.78, 5) is 34.9. The average molecular weight is 204 g/mol. The van der Waals surface area contributed by atoms with E-state index in [4.69, 9.17) is 11.6 Å². The number of carbonyl (C=O) groups excluding carboxylic acids is 3. The van der Waals surface area contributed by atoms with Crippen LogP contribution in [0, 0.1) is 6.92 Å². The Labute approximate surface area is 80.2 Å². The summed E-state index contributed by atoms with van der Waals surface area (Å²) in [5.74, 6) is -1.61. The van der Waals surface area contributed by atoms with E-state index in [0.29, 0.717) is 6.54 Å². The summed E-state index contributed by atoms with van der Waals surface area (Å²) in [5, 5.41) is -0.915. The quantitative estimate of drug-likeness (QED) is 0.338. The summed E-state index contributed by atoms with van der Waals surface area (Å²) < 4.78 is 0. The fourth-order valence-electron chi connectivity index (χ4n) is 1.06. The second-order valence-electron chi connectivity index (χ2n) is 2.50. The largest absolute Gasteiger partial charge is 0.333 e. The molecular weight excluding hydrogens is 196 g/mol. The molecule has 1 rings (SSSR count). The smallest absolute Gasteiger partial charge is 0.323 e. The van der Waals surface area contributed by atoms with Gasteiger partial charge in [-0.2, -0.15) is 0 Å². The molecule has 3 amide bonds. The van der Waals surface area contributed by atoms with Crippen molar-refractivity contribution in [1.82, 2.24) is 9.80 Å². The predicted molar refractivity (Wildman–Crippen MR) is 44.9 cm³/mol. The van der Waals surface area contributed by atoms with Gasteiger partial charge >= 0.3 is 17.2 Å². The van der Waals surface area contributed by atoms with Gasteiger partial charge in [-0.25, -0.2) is 0 Å². The lowest BCUT2D eigenvalue weighted by Gasteiger charge is -2.30. The van der Waals surface area contributed by atoms with Crippen LogP contribution in [0.2, 0.25) is 0 Å². The molecule has 5 nitrogen and oxygen atoms in total. The summed E-state index contributed by atoms with van der Waals surface area (Å²) in [7, 11) is 0. The van der Waals surface area contributed by atoms with Gasteiger partial charge in [0.2, 0.25) is 0 Å². The fraction of sp³-hybridized carbons (Fsp3) is 0.429. The van der Waals surface area contributed by atoms with Gasteiger partial charge in [0.05, 0.1) is 0 Å². The van der Waals surface area contributed by atoms with E-state index >= 15 is 0 Å². The van der Waals surface area contributed by atoms with E-state index in [9.17, 15) is 14.4 Å². The van der Waals surface area contributed by atoms with Gasteiger partial charge in [-0.15, -0.1) is 0 Å². The SMILES string of the molecule is [CH2]CN1CCN(C(=O)Cl)C(=O)C1=O. The Morgan fingerprint density at radius 3 is 2.46 bits per heavy atom. The maximum absolute atomic E-state index is 11.2. The van der Waals surface area contributed by atoms with Crippen LogP contribution in [0.1, 0.15) is 0 Å². The van der Waals surface area contributed by atoms with Crippen LogP contribution in [0.5, 0.6) is 0 Å². The molecule has 0 spiro atoms. The second kappa shape index (κ2) is 3.74. The average Bonchev–Trinajstić information content (AvgIpc) is 2.09. The molecule has 0 aromatic carbocycles. The lowest BCUT2D eigenvalue weighted by atomic mass is 10.3. The van der Waals surface area contributed by atoms with Gasteiger partial charge in [0.25, 0.3) is 0 Å². The van der Waals surface area contributed by atoms with Crippen molar-refractivity contribution in [3.63, 3.8) is 0 Å². The van der Waals surface area contributed by atoms with Gasteiger partial charge in [0.1, 0.15) is 0 Å². The summed E-state index contributed by atoms with van der Waals surface area (Å²) in [6.07, 6.45) is 0. The molecule has 1 aliphatic heterocycles. The molecule has 0 aromatic rings. The van der Waals surface area contributed by atoms with Crippen LogP contribution in [0.25, 0.3) is 0 Å². The summed E-state index contributed by atoms with van der Waals surface area (Å²) in [5.41, 5.74) is 0. The minimum Gasteiger partial charge on any atom is -0.333 e. The van der Waals surface area contributed by atoms with Crippen LogP contribution in [0.3, 0.4) is 0 Å². The summed E-state index contributed by atoms with van der Waals surface area (Å²) in [6, 6.07) is 0. The third-order valence-electron chi connectivity index (χ3n) is 1.79. The lowest BCUT2D eigenvalue weighted by Crippen LogP contribution is -2.54. The molecule has 1 aliphatic rings. The minimum absolute atomic E-state index is 0.141. The Balaban J connectivity index is 2.76. The first-order chi connectivity index (χ1) is 6.07. The van der Waals surface area contributed by atoms with Crippen molar-refractivity contribution in [3.05, 3.63) is 6.92 Å². The molecule has 1 fully saturated rings. The van der Waals surface area contributed by atoms with Crippen LogP contribution in [0.4, 0.5) is 4.79 Å². The van der Waals surface area contributed by atoms with Gasteiger partial charge in [0, 0.05) is 19.6 Å². The highest BCUT2D eigenvalue weighted by molar-refractivity contribution is 6.65. The number of halogens is 1. The molecule has 71 valence electrons. The maximum Gasteiger partial charge on any atom is 0.323 e. The monoisotopic (exact) mass is 203 g/mol. The Morgan fingerprint density at radius 1 is 1.38 bits per heavy atom. The normalized spacial score (nSPS) is 18.0. The second-order valence-corrected chi connectivity index (χ2v) is 2.83. The number of nitrogens with zero attached hydrogens (tertiary/aromatic N) is 2. The van der Waals surface area contributed by atoms with Crippen molar-refractivity contribution in [2.75, 3.05) is 19.6 Å². The van der Waals surface area contributed by atoms with Crippen molar-refractivity contribution < 1.29 is 14.4 Å². The highest BCUT2D eigenvalue weighted by atomic mass is 35.5. The molecule has 1 heterocycles. The van der Waals surface area contributed by atoms with E-state index < -0.39 is 17.2 Å². The zero-order valence-electron chi connectivity index (χ0n) is 6.83. The summed E-state index contributed by atoms with van der Waals surface area (Å²) in [6.45, 7) is 4.14. The van der Waals surface area contributed by atoms with E-state index in [1.165, 1.54) is 4.90 Å². The molecule has 0 unspecified atom stereocenters. The fourth-order valence-corrected chi connectivity index (χ4v) is 1.22. The van der Waals surface area contributed by atoms with Crippen LogP contribution >= 0.6 is 11.6 Å². The van der Waals surface area contributed by atoms with E-state index in [-0.39, 0.29) is 13.1 Å². The van der Waals surface area contributed by atoms with E-state index in [2.05, 4.69) is 6.92 Å². The van der Waals surface area contributed by atoms with Crippen molar-refractivity contribution in [1.29, 1.82) is 0 Å². The van der Waals surface area contributed by atoms with Crippen molar-refractivity contribution in [2.45, 2.75) is 0 Å². The van der Waals surface area contributed by atoms with Gasteiger partial charge in [-0.05, 0) is 18.5 Å². The topological polar surface area (TPSA) is 57.7 Å². The van der Waals surface area contributed by atoms with Gasteiger partial charge in [-0.3, -0.25) is 19.3 Å². The molecule has 6 heteroatoms. The van der Waals surface area contributed by atoms with Gasteiger partial charge in [-0.1, -0.05) is 0 Å². The molecule has 0 aromatic heterocycles. The van der Waals surface area contributed by atoms with Crippen molar-refractivity contribution >= 4 is 28.8 Å². The maximum atomic E-state index is 11.2. The predicted octanol–water partition coefficient (Wildman–Crippen LogP) is -0.150. The van der Waals surface area contributed by atoms with Crippen molar-refractivity contribution in [3.8, 4) is 0 Å². The molecule has 13 heavy (non-hydrogen) atoms. The van der Waals surface area contributed by atoms with E-state index in [1.54, 1.807) is 0 Å². The minimum atomic E-state index is -0.915. The highest BCUT2D eigenvalue weighted by Crippen LogP contribution is 2.07. The number of amides is 3. The van der Waals surface area contributed by atoms with Gasteiger partial charge in [0.15, 0.2) is 0 Å². The third kappa shape index (κ3) is 1.80. The van der Waals surface area contributed by atoms with Crippen LogP contribution in [0.15, 0.2) is 0 Å². The van der Waals surface area contributed by atoms with Crippen molar-refractivity contribution in [2.24, 2.45) is 0 Å². The number of imide groups is 1. The van der Waals surface area contributed by atoms with Crippen LogP contribution < -0.4 is 0 Å². The molecule has 1 radical (unpaired) electrons. The molecule has 0 saturated carbocycles. The number of carbonyl (C=O) groups is 3. The number of rotatable bonds is 1. The molecule has 0 bridgehead atoms. The zero-order chi connectivity index (χ0) is 10.0. The van der Waals surface area contributed by atoms with E-state index in [0.717, 1.165) is 4.90 Å². The zero-order valence-corrected chi connectivity index (χ0v) is 7.58. The molecule has 0 N–H and O–H groups in total. The lowest BCUT2D eigenvalue weighted by molar-refractivity contribution is -0.153.